The first-order chi connectivity index (χ1) is 54.8. The Morgan fingerprint density at radius 1 is 0.292 bits per heavy atom. The minimum atomic E-state index is -1.67. The van der Waals surface area contributed by atoms with Crippen molar-refractivity contribution in [3.63, 3.8) is 0 Å². The second-order valence-corrected chi connectivity index (χ2v) is 48.8. The van der Waals surface area contributed by atoms with Crippen molar-refractivity contribution >= 4 is 67.6 Å². The first-order valence-electron chi connectivity index (χ1n) is 47.2. The molecule has 21 nitrogen and oxygen atoms in total. The second-order valence-electron chi connectivity index (χ2n) is 37.7. The molecule has 0 aromatic heterocycles. The summed E-state index contributed by atoms with van der Waals surface area (Å²) in [5.74, 6) is 0.634. The zero-order chi connectivity index (χ0) is 98.4. The molecule has 0 fully saturated rings. The van der Waals surface area contributed by atoms with Crippen molar-refractivity contribution in [3.8, 4) is 0 Å². The summed E-state index contributed by atoms with van der Waals surface area (Å²) < 4.78 is 0. The van der Waals surface area contributed by atoms with E-state index >= 15 is 0 Å². The molecule has 130 heavy (non-hydrogen) atoms. The van der Waals surface area contributed by atoms with Gasteiger partial charge < -0.3 is 61.0 Å². The first kappa shape index (κ1) is 173. The molecular weight excluding hydrogens is 2080 g/mol. The third-order valence-electron chi connectivity index (χ3n) is 22.7. The van der Waals surface area contributed by atoms with Crippen molar-refractivity contribution in [2.75, 3.05) is 42.3 Å². The van der Waals surface area contributed by atoms with Crippen LogP contribution < -0.4 is 0 Å². The SMILES string of the molecule is C=CC(C)(O)C(CC)=NC(C)C.CCC(=NC(C)C)C(C)(O)[Si](C)(C)C.CCC(=NC(C)C)C(C)(O)[Si](CC)(CC)CC.CCC(=NC(C)C)C(O)(C(C)C)C(C)C.CCC(=NC(C)C)C(O)(CC)C(C)C.CCC(=NC(C)C)C(O)(CC)CC.CCC(=NN(C)C)C(C)(C)O.CCC(=NN(C)C)C(C)(O)CC.CCC(=NN(C)C)C(O)(CC)CC.[Co].[Co].[Co].[Co].[Co].[Co].[Co].[Co].[Co]. The van der Waals surface area contributed by atoms with Crippen LogP contribution in [0.1, 0.15) is 387 Å². The molecule has 0 saturated heterocycles. The van der Waals surface area contributed by atoms with Crippen molar-refractivity contribution in [3.05, 3.63) is 12.7 Å². The zero-order valence-electron chi connectivity index (χ0n) is 92.6. The monoisotopic (exact) mass is 2290 g/mol. The van der Waals surface area contributed by atoms with Gasteiger partial charge in [0, 0.05) is 264 Å². The number of aliphatic imine (C=N–C) groups is 6. The van der Waals surface area contributed by atoms with Crippen molar-refractivity contribution < 1.29 is 197 Å². The minimum Gasteiger partial charge on any atom is -0.388 e. The van der Waals surface area contributed by atoms with E-state index in [1.165, 1.54) is 6.08 Å². The summed E-state index contributed by atoms with van der Waals surface area (Å²) in [6.07, 6.45) is 13.3. The standard InChI is InChI=1S/C14H31NOSi.C13H27NO.C12H25NO.C11H25NOSi.C11H23NO.C10H22N2O.C10H19NO.C9H20N2O.C8H18N2O.9Co/c1-8-13(15-12(5)6)14(7,16)17(9-2,10-3)11-4;1-8-12(14-11(6)7)13(15,9(2)3)10(4)5;1-7-11(13-10(5)6)12(14,8-2)9(3)4;1-8-10(12-9(2)3)11(4,13)14(5,6)7;1-6-10(12-9(4)5)11(13,7-2)8-3;1-6-9(11-12(4)5)10(13,7-2)8-3;1-6-9(11-8(3)4)10(5,12)7-2;1-6-8(10-11(4)5)9(3,12)7-2;1-6-7(8(2,3)11)9-10(4)5;;;;;;;;;/h12,16H,8-11H2,1-7H3;9-11,15H,8H2,1-7H3;9-10,14H,7-8H2,1-6H3;9,13H,8H2,1-7H3;9,13H,6-8H2,1-5H3;13H,6-8H2,1-5H3;7-8,12H,2,6H2,1,3-5H3;12H,6-7H2,1-5H3;11H,6H2,1-5H3;;;;;;;;;. The average Bonchev–Trinajstić information content (AvgIpc) is 0.792. The third-order valence-corrected chi connectivity index (χ3v) is 32.4. The quantitative estimate of drug-likeness (QED) is 0.0119. The molecule has 0 heterocycles. The molecule has 0 aliphatic carbocycles. The van der Waals surface area contributed by atoms with Gasteiger partial charge in [0.15, 0.2) is 0 Å². The van der Waals surface area contributed by atoms with Crippen LogP contribution >= 0.6 is 0 Å². The van der Waals surface area contributed by atoms with E-state index in [4.69, 9.17) is 0 Å². The van der Waals surface area contributed by atoms with Crippen LogP contribution in [0.15, 0.2) is 57.9 Å². The number of nitrogens with zero attached hydrogens (tertiary/aromatic N) is 12. The Kier molecular flexibility index (Phi) is 115. The van der Waals surface area contributed by atoms with Gasteiger partial charge in [-0.15, -0.1) is 0 Å². The Morgan fingerprint density at radius 2 is 0.523 bits per heavy atom. The molecule has 0 amide bonds. The largest absolute Gasteiger partial charge is 0.388 e. The van der Waals surface area contributed by atoms with Gasteiger partial charge in [-0.3, -0.25) is 30.0 Å². The van der Waals surface area contributed by atoms with Gasteiger partial charge in [0.2, 0.25) is 0 Å². The molecule has 0 saturated carbocycles. The summed E-state index contributed by atoms with van der Waals surface area (Å²) in [5, 5.41) is 109. The van der Waals surface area contributed by atoms with E-state index in [0.29, 0.717) is 6.42 Å². The van der Waals surface area contributed by atoms with Crippen LogP contribution in [-0.2, 0) is 151 Å². The van der Waals surface area contributed by atoms with Crippen LogP contribution in [-0.4, -0.2) is 257 Å². The summed E-state index contributed by atoms with van der Waals surface area (Å²) in [4.78, 5) is 27.1. The Labute approximate surface area is 900 Å². The van der Waals surface area contributed by atoms with Crippen molar-refractivity contribution in [1.29, 1.82) is 0 Å². The molecule has 9 radical (unpaired) electrons. The van der Waals surface area contributed by atoms with E-state index in [9.17, 15) is 46.0 Å². The molecule has 5 atom stereocenters. The molecule has 0 spiro atoms. The predicted molar refractivity (Wildman–Crippen MR) is 547 cm³/mol. The van der Waals surface area contributed by atoms with E-state index in [1.807, 2.05) is 167 Å². The van der Waals surface area contributed by atoms with Crippen molar-refractivity contribution in [2.45, 2.75) is 511 Å². The van der Waals surface area contributed by atoms with Crippen molar-refractivity contribution in [1.82, 2.24) is 15.0 Å². The molecule has 0 aliphatic heterocycles. The molecule has 0 rings (SSSR count). The van der Waals surface area contributed by atoms with Crippen LogP contribution in [0.5, 0.6) is 0 Å². The maximum Gasteiger partial charge on any atom is 0.117 e. The maximum absolute atomic E-state index is 11.1. The fraction of sp³-hybridized carbons (Fsp3) is 0.888. The van der Waals surface area contributed by atoms with E-state index in [-0.39, 0.29) is 205 Å². The molecular formula is C98H210Co9N12O9Si2. The van der Waals surface area contributed by atoms with Crippen LogP contribution in [0, 0.1) is 17.8 Å². The van der Waals surface area contributed by atoms with E-state index in [2.05, 4.69) is 210 Å². The number of aliphatic hydroxyl groups is 9. The molecule has 0 aliphatic rings. The van der Waals surface area contributed by atoms with Crippen LogP contribution in [0.2, 0.25) is 37.8 Å². The fourth-order valence-electron chi connectivity index (χ4n) is 13.9. The maximum atomic E-state index is 11.1. The summed E-state index contributed by atoms with van der Waals surface area (Å²) in [7, 11) is 7.89. The van der Waals surface area contributed by atoms with Crippen LogP contribution in [0.4, 0.5) is 0 Å². The zero-order valence-corrected chi connectivity index (χ0v) is 104. The predicted octanol–water partition coefficient (Wildman–Crippen LogP) is 22.6. The third kappa shape index (κ3) is 68.9. The topological polar surface area (TPSA) is 303 Å². The van der Waals surface area contributed by atoms with Gasteiger partial charge in [0.25, 0.3) is 0 Å². The summed E-state index contributed by atoms with van der Waals surface area (Å²) >= 11 is 0. The van der Waals surface area contributed by atoms with Gasteiger partial charge in [-0.05, 0) is 239 Å². The molecule has 0 aromatic rings. The second kappa shape index (κ2) is 86.5. The van der Waals surface area contributed by atoms with Crippen LogP contribution in [0.3, 0.4) is 0 Å². The molecule has 9 N–H and O–H groups in total. The Bertz CT molecular complexity index is 2910. The van der Waals surface area contributed by atoms with E-state index in [0.717, 1.165) is 159 Å². The normalized spacial score (nSPS) is 14.9. The first-order valence-corrected chi connectivity index (χ1v) is 53.3. The summed E-state index contributed by atoms with van der Waals surface area (Å²) in [6, 6.07) is 4.95. The van der Waals surface area contributed by atoms with Gasteiger partial charge in [-0.1, -0.05) is 217 Å². The number of hydrogen-bond donors (Lipinski definition) is 9. The Balaban J connectivity index is -0.0000000674. The smallest absolute Gasteiger partial charge is 0.117 e. The summed E-state index contributed by atoms with van der Waals surface area (Å²) in [6.45, 7) is 95.0. The summed E-state index contributed by atoms with van der Waals surface area (Å²) in [5.41, 5.74) is 2.83. The van der Waals surface area contributed by atoms with E-state index in [1.54, 1.807) is 42.7 Å². The van der Waals surface area contributed by atoms with Gasteiger partial charge >= 0.3 is 0 Å². The Hall–Kier alpha value is 0.802. The van der Waals surface area contributed by atoms with Gasteiger partial charge in [-0.25, -0.2) is 0 Å². The number of hydrazone groups is 3. The molecule has 5 unspecified atom stereocenters. The van der Waals surface area contributed by atoms with Crippen LogP contribution in [0.25, 0.3) is 0 Å². The average molecular weight is 2290 g/mol. The number of hydrogen-bond acceptors (Lipinski definition) is 21. The Morgan fingerprint density at radius 3 is 0.715 bits per heavy atom. The molecule has 0 aromatic carbocycles. The van der Waals surface area contributed by atoms with Gasteiger partial charge in [0.1, 0.15) is 33.6 Å². The van der Waals surface area contributed by atoms with E-state index < -0.39 is 65.8 Å². The fourth-order valence-corrected chi connectivity index (χ4v) is 19.5. The van der Waals surface area contributed by atoms with Gasteiger partial charge in [-0.2, -0.15) is 15.3 Å². The molecule has 0 bridgehead atoms. The van der Waals surface area contributed by atoms with Crippen molar-refractivity contribution in [2.24, 2.45) is 63.0 Å². The molecule has 805 valence electrons. The van der Waals surface area contributed by atoms with Gasteiger partial charge in [0.05, 0.1) is 49.3 Å². The number of rotatable bonds is 42. The minimum absolute atomic E-state index is 0. The molecule has 32 heteroatoms.